The molecule has 66 valence electrons. The number of nitroso groups, excluding NO2 is 1. The summed E-state index contributed by atoms with van der Waals surface area (Å²) in [6.45, 7) is 2.55. The molecular formula is C6H15N3O2. The van der Waals surface area contributed by atoms with Crippen LogP contribution in [0.2, 0.25) is 0 Å². The first-order valence-corrected chi connectivity index (χ1v) is 3.69. The van der Waals surface area contributed by atoms with E-state index in [2.05, 4.69) is 5.29 Å². The van der Waals surface area contributed by atoms with Gasteiger partial charge in [0, 0.05) is 6.04 Å². The van der Waals surface area contributed by atoms with Crippen molar-refractivity contribution in [2.24, 2.45) is 11.0 Å². The van der Waals surface area contributed by atoms with Crippen LogP contribution in [0.15, 0.2) is 5.29 Å². The molecule has 0 rings (SSSR count). The number of nitrogens with two attached hydrogens (primary N) is 1. The van der Waals surface area contributed by atoms with E-state index in [1.54, 1.807) is 0 Å². The van der Waals surface area contributed by atoms with E-state index in [1.165, 1.54) is 5.01 Å². The quantitative estimate of drug-likeness (QED) is 0.414. The predicted molar refractivity (Wildman–Crippen MR) is 42.7 cm³/mol. The van der Waals surface area contributed by atoms with E-state index in [9.17, 15) is 4.91 Å². The smallest absolute Gasteiger partial charge is 0.0624 e. The highest BCUT2D eigenvalue weighted by molar-refractivity contribution is 4.63. The lowest BCUT2D eigenvalue weighted by Gasteiger charge is -2.17. The van der Waals surface area contributed by atoms with E-state index >= 15 is 0 Å². The maximum atomic E-state index is 10.1. The van der Waals surface area contributed by atoms with Crippen LogP contribution in [0.3, 0.4) is 0 Å². The maximum Gasteiger partial charge on any atom is 0.0624 e. The molecule has 0 aliphatic heterocycles. The lowest BCUT2D eigenvalue weighted by Crippen LogP contribution is -2.35. The third kappa shape index (κ3) is 4.69. The minimum atomic E-state index is -0.0673. The summed E-state index contributed by atoms with van der Waals surface area (Å²) in [4.78, 5) is 10.1. The van der Waals surface area contributed by atoms with Gasteiger partial charge in [-0.15, -0.1) is 4.91 Å². The van der Waals surface area contributed by atoms with Crippen molar-refractivity contribution in [3.05, 3.63) is 4.91 Å². The van der Waals surface area contributed by atoms with Gasteiger partial charge >= 0.3 is 0 Å². The number of aliphatic hydroxyl groups excluding tert-OH is 1. The van der Waals surface area contributed by atoms with Crippen LogP contribution in [0, 0.1) is 4.91 Å². The van der Waals surface area contributed by atoms with Crippen LogP contribution in [-0.2, 0) is 0 Å². The van der Waals surface area contributed by atoms with Gasteiger partial charge in [0.05, 0.1) is 25.0 Å². The van der Waals surface area contributed by atoms with Crippen molar-refractivity contribution >= 4 is 0 Å². The minimum absolute atomic E-state index is 0.0424. The molecule has 0 bridgehead atoms. The number of hydrogen-bond acceptors (Lipinski definition) is 4. The monoisotopic (exact) mass is 161 g/mol. The predicted octanol–water partition coefficient (Wildman–Crippen LogP) is -0.301. The summed E-state index contributed by atoms with van der Waals surface area (Å²) in [5.41, 5.74) is 5.56. The molecule has 3 N–H and O–H groups in total. The summed E-state index contributed by atoms with van der Waals surface area (Å²) in [6, 6.07) is -0.0424. The molecule has 0 saturated heterocycles. The highest BCUT2D eigenvalue weighted by Crippen LogP contribution is 1.93. The summed E-state index contributed by atoms with van der Waals surface area (Å²) in [5.74, 6) is 0. The third-order valence-corrected chi connectivity index (χ3v) is 1.44. The van der Waals surface area contributed by atoms with E-state index in [1.807, 2.05) is 6.92 Å². The van der Waals surface area contributed by atoms with Crippen LogP contribution in [-0.4, -0.2) is 35.9 Å². The van der Waals surface area contributed by atoms with Crippen molar-refractivity contribution in [2.75, 3.05) is 19.7 Å². The standard InChI is InChI=1S/C6H15N3O2/c1-2-6(7)5-9(8-11)3-4-10/h6,10H,2-5,7H2,1H3. The van der Waals surface area contributed by atoms with E-state index in [0.717, 1.165) is 6.42 Å². The molecule has 0 amide bonds. The second kappa shape index (κ2) is 6.06. The molecule has 0 aromatic carbocycles. The Kier molecular flexibility index (Phi) is 5.68. The summed E-state index contributed by atoms with van der Waals surface area (Å²) in [7, 11) is 0. The van der Waals surface area contributed by atoms with Crippen LogP contribution < -0.4 is 5.73 Å². The van der Waals surface area contributed by atoms with Crippen LogP contribution in [0.25, 0.3) is 0 Å². The molecule has 0 heterocycles. The molecule has 0 spiro atoms. The minimum Gasteiger partial charge on any atom is -0.394 e. The summed E-state index contributed by atoms with van der Waals surface area (Å²) >= 11 is 0. The Bertz CT molecular complexity index is 110. The summed E-state index contributed by atoms with van der Waals surface area (Å²) < 4.78 is 0. The van der Waals surface area contributed by atoms with Gasteiger partial charge in [-0.1, -0.05) is 6.92 Å². The van der Waals surface area contributed by atoms with Crippen LogP contribution >= 0.6 is 0 Å². The summed E-state index contributed by atoms with van der Waals surface area (Å²) in [5, 5.41) is 12.4. The second-order valence-electron chi connectivity index (χ2n) is 2.39. The van der Waals surface area contributed by atoms with Crippen LogP contribution in [0.4, 0.5) is 0 Å². The van der Waals surface area contributed by atoms with Crippen LogP contribution in [0.1, 0.15) is 13.3 Å². The highest BCUT2D eigenvalue weighted by atomic mass is 16.3. The highest BCUT2D eigenvalue weighted by Gasteiger charge is 2.06. The van der Waals surface area contributed by atoms with Gasteiger partial charge < -0.3 is 10.8 Å². The molecule has 0 fully saturated rings. The fraction of sp³-hybridized carbons (Fsp3) is 1.00. The molecule has 0 radical (unpaired) electrons. The molecule has 0 saturated carbocycles. The van der Waals surface area contributed by atoms with Gasteiger partial charge in [-0.05, 0) is 6.42 Å². The van der Waals surface area contributed by atoms with E-state index in [-0.39, 0.29) is 19.2 Å². The number of nitrogens with zero attached hydrogens (tertiary/aromatic N) is 2. The molecule has 0 aromatic heterocycles. The van der Waals surface area contributed by atoms with Crippen molar-refractivity contribution in [2.45, 2.75) is 19.4 Å². The fourth-order valence-electron chi connectivity index (χ4n) is 0.681. The zero-order valence-electron chi connectivity index (χ0n) is 6.73. The molecule has 1 atom stereocenters. The molecule has 0 aliphatic carbocycles. The van der Waals surface area contributed by atoms with Gasteiger partial charge in [0.2, 0.25) is 0 Å². The number of rotatable bonds is 6. The van der Waals surface area contributed by atoms with Gasteiger partial charge in [0.1, 0.15) is 0 Å². The topological polar surface area (TPSA) is 78.9 Å². The zero-order chi connectivity index (χ0) is 8.69. The Hall–Kier alpha value is -0.680. The normalized spacial score (nSPS) is 12.6. The number of hydrogen-bond donors (Lipinski definition) is 2. The van der Waals surface area contributed by atoms with Crippen molar-refractivity contribution in [1.82, 2.24) is 5.01 Å². The Morgan fingerprint density at radius 1 is 1.73 bits per heavy atom. The molecule has 0 aliphatic rings. The Morgan fingerprint density at radius 2 is 2.36 bits per heavy atom. The lowest BCUT2D eigenvalue weighted by atomic mass is 10.2. The fourth-order valence-corrected chi connectivity index (χ4v) is 0.681. The molecular weight excluding hydrogens is 146 g/mol. The average Bonchev–Trinajstić information content (AvgIpc) is 2.03. The van der Waals surface area contributed by atoms with Gasteiger partial charge in [0.15, 0.2) is 0 Å². The van der Waals surface area contributed by atoms with Gasteiger partial charge in [-0.3, -0.25) is 5.01 Å². The Labute approximate surface area is 66.1 Å². The largest absolute Gasteiger partial charge is 0.394 e. The molecule has 0 aromatic rings. The van der Waals surface area contributed by atoms with Crippen molar-refractivity contribution in [3.8, 4) is 0 Å². The van der Waals surface area contributed by atoms with Crippen LogP contribution in [0.5, 0.6) is 0 Å². The van der Waals surface area contributed by atoms with Crippen molar-refractivity contribution in [3.63, 3.8) is 0 Å². The molecule has 5 heteroatoms. The van der Waals surface area contributed by atoms with Gasteiger partial charge in [-0.25, -0.2) is 0 Å². The van der Waals surface area contributed by atoms with E-state index in [4.69, 9.17) is 10.8 Å². The molecule has 11 heavy (non-hydrogen) atoms. The van der Waals surface area contributed by atoms with Crippen molar-refractivity contribution < 1.29 is 5.11 Å². The first-order chi connectivity index (χ1) is 5.24. The first-order valence-electron chi connectivity index (χ1n) is 3.69. The first kappa shape index (κ1) is 10.3. The summed E-state index contributed by atoms with van der Waals surface area (Å²) in [6.07, 6.45) is 0.803. The third-order valence-electron chi connectivity index (χ3n) is 1.44. The van der Waals surface area contributed by atoms with E-state index < -0.39 is 0 Å². The zero-order valence-corrected chi connectivity index (χ0v) is 6.73. The van der Waals surface area contributed by atoms with Gasteiger partial charge in [0.25, 0.3) is 0 Å². The number of aliphatic hydroxyl groups is 1. The van der Waals surface area contributed by atoms with E-state index in [0.29, 0.717) is 6.54 Å². The Balaban J connectivity index is 3.58. The average molecular weight is 161 g/mol. The molecule has 1 unspecified atom stereocenters. The van der Waals surface area contributed by atoms with Crippen molar-refractivity contribution in [1.29, 1.82) is 0 Å². The Morgan fingerprint density at radius 3 is 2.73 bits per heavy atom. The van der Waals surface area contributed by atoms with Gasteiger partial charge in [-0.2, -0.15) is 0 Å². The SMILES string of the molecule is CCC(N)CN(CCO)N=O. The molecule has 5 nitrogen and oxygen atoms in total. The lowest BCUT2D eigenvalue weighted by molar-refractivity contribution is 0.190. The second-order valence-corrected chi connectivity index (χ2v) is 2.39. The maximum absolute atomic E-state index is 10.1.